The summed E-state index contributed by atoms with van der Waals surface area (Å²) in [5.74, 6) is 0.184. The summed E-state index contributed by atoms with van der Waals surface area (Å²) in [5, 5.41) is 3.86. The van der Waals surface area contributed by atoms with Crippen molar-refractivity contribution in [1.82, 2.24) is 10.2 Å². The largest absolute Gasteiger partial charge is 0.484 e. The molecule has 1 atom stereocenters. The number of hydrogen-bond donors (Lipinski definition) is 1. The van der Waals surface area contributed by atoms with E-state index in [1.807, 2.05) is 67.6 Å². The quantitative estimate of drug-likeness (QED) is 0.297. The van der Waals surface area contributed by atoms with Crippen LogP contribution in [0.4, 0.5) is 0 Å². The van der Waals surface area contributed by atoms with Crippen molar-refractivity contribution in [3.05, 3.63) is 99.0 Å². The maximum atomic E-state index is 13.7. The van der Waals surface area contributed by atoms with Gasteiger partial charge in [-0.2, -0.15) is 0 Å². The van der Waals surface area contributed by atoms with Gasteiger partial charge in [0.25, 0.3) is 5.91 Å². The van der Waals surface area contributed by atoms with E-state index in [1.54, 1.807) is 17.0 Å². The Morgan fingerprint density at radius 3 is 2.46 bits per heavy atom. The van der Waals surface area contributed by atoms with Gasteiger partial charge >= 0.3 is 0 Å². The van der Waals surface area contributed by atoms with E-state index in [0.717, 1.165) is 46.8 Å². The van der Waals surface area contributed by atoms with Gasteiger partial charge in [-0.15, -0.1) is 0 Å². The lowest BCUT2D eigenvalue weighted by atomic mass is 10.0. The van der Waals surface area contributed by atoms with Gasteiger partial charge in [0.15, 0.2) is 6.61 Å². The Labute approximate surface area is 232 Å². The van der Waals surface area contributed by atoms with Crippen molar-refractivity contribution in [1.29, 1.82) is 0 Å². The number of benzene rings is 3. The molecule has 0 radical (unpaired) electrons. The topological polar surface area (TPSA) is 58.6 Å². The molecule has 0 heterocycles. The molecule has 0 aromatic heterocycles. The van der Waals surface area contributed by atoms with E-state index in [-0.39, 0.29) is 31.0 Å². The van der Waals surface area contributed by atoms with E-state index >= 15 is 0 Å². The summed E-state index contributed by atoms with van der Waals surface area (Å²) in [6.07, 6.45) is 4.59. The minimum Gasteiger partial charge on any atom is -0.484 e. The summed E-state index contributed by atoms with van der Waals surface area (Å²) in [5.41, 5.74) is 2.79. The van der Waals surface area contributed by atoms with Crippen LogP contribution in [0.15, 0.2) is 77.3 Å². The molecular formula is C30H32BrClN2O3. The Morgan fingerprint density at radius 2 is 1.76 bits per heavy atom. The molecule has 0 saturated heterocycles. The monoisotopic (exact) mass is 582 g/mol. The molecule has 1 saturated carbocycles. The fraction of sp³-hybridized carbons (Fsp3) is 0.333. The third kappa shape index (κ3) is 7.83. The molecule has 1 aliphatic carbocycles. The van der Waals surface area contributed by atoms with Crippen molar-refractivity contribution < 1.29 is 14.3 Å². The summed E-state index contributed by atoms with van der Waals surface area (Å²) in [4.78, 5) is 29.1. The van der Waals surface area contributed by atoms with Crippen LogP contribution >= 0.6 is 27.5 Å². The summed E-state index contributed by atoms with van der Waals surface area (Å²) >= 11 is 9.66. The van der Waals surface area contributed by atoms with Gasteiger partial charge in [0, 0.05) is 28.5 Å². The Balaban J connectivity index is 1.61. The minimum atomic E-state index is -0.676. The standard InChI is InChI=1S/C30H32BrClN2O3/c1-21-16-26(14-15-27(21)32)37-20-29(35)34(19-23-10-7-11-24(31)17-23)28(18-22-8-3-2-4-9-22)30(36)33-25-12-5-6-13-25/h2-4,7-11,14-17,25,28H,5-6,12-13,18-20H2,1H3,(H,33,36)/t28-/m1/s1. The summed E-state index contributed by atoms with van der Waals surface area (Å²) < 4.78 is 6.79. The second-order valence-corrected chi connectivity index (χ2v) is 10.9. The highest BCUT2D eigenvalue weighted by molar-refractivity contribution is 9.10. The van der Waals surface area contributed by atoms with E-state index in [9.17, 15) is 9.59 Å². The van der Waals surface area contributed by atoms with Gasteiger partial charge in [0.2, 0.25) is 5.91 Å². The molecule has 3 aromatic rings. The number of nitrogens with one attached hydrogen (secondary N) is 1. The number of amides is 2. The molecule has 7 heteroatoms. The summed E-state index contributed by atoms with van der Waals surface area (Å²) in [6, 6.07) is 22.4. The molecule has 0 bridgehead atoms. The van der Waals surface area contributed by atoms with Gasteiger partial charge < -0.3 is 15.0 Å². The highest BCUT2D eigenvalue weighted by Crippen LogP contribution is 2.23. The van der Waals surface area contributed by atoms with Gasteiger partial charge in [0.05, 0.1) is 0 Å². The van der Waals surface area contributed by atoms with Crippen LogP contribution in [0.25, 0.3) is 0 Å². The number of carbonyl (C=O) groups is 2. The summed E-state index contributed by atoms with van der Waals surface area (Å²) in [6.45, 7) is 1.99. The smallest absolute Gasteiger partial charge is 0.261 e. The van der Waals surface area contributed by atoms with Crippen molar-refractivity contribution in [2.75, 3.05) is 6.61 Å². The molecule has 4 rings (SSSR count). The van der Waals surface area contributed by atoms with E-state index in [2.05, 4.69) is 21.2 Å². The molecular weight excluding hydrogens is 552 g/mol. The van der Waals surface area contributed by atoms with Crippen LogP contribution in [0.5, 0.6) is 5.75 Å². The predicted octanol–water partition coefficient (Wildman–Crippen LogP) is 6.49. The molecule has 0 spiro atoms. The highest BCUT2D eigenvalue weighted by atomic mass is 79.9. The summed E-state index contributed by atoms with van der Waals surface area (Å²) in [7, 11) is 0. The highest BCUT2D eigenvalue weighted by Gasteiger charge is 2.32. The Hall–Kier alpha value is -2.83. The first-order valence-electron chi connectivity index (χ1n) is 12.7. The molecule has 1 aliphatic rings. The molecule has 37 heavy (non-hydrogen) atoms. The van der Waals surface area contributed by atoms with Crippen LogP contribution in [-0.2, 0) is 22.6 Å². The third-order valence-electron chi connectivity index (χ3n) is 6.71. The first-order valence-corrected chi connectivity index (χ1v) is 13.8. The Morgan fingerprint density at radius 1 is 1.03 bits per heavy atom. The van der Waals surface area contributed by atoms with Crippen LogP contribution in [0, 0.1) is 6.92 Å². The molecule has 194 valence electrons. The average Bonchev–Trinajstić information content (AvgIpc) is 3.40. The molecule has 0 unspecified atom stereocenters. The lowest BCUT2D eigenvalue weighted by molar-refractivity contribution is -0.143. The van der Waals surface area contributed by atoms with Gasteiger partial charge in [-0.25, -0.2) is 0 Å². The number of carbonyl (C=O) groups excluding carboxylic acids is 2. The molecule has 2 amide bonds. The maximum absolute atomic E-state index is 13.7. The van der Waals surface area contributed by atoms with Crippen molar-refractivity contribution in [3.8, 4) is 5.75 Å². The molecule has 5 nitrogen and oxygen atoms in total. The normalized spacial score (nSPS) is 14.2. The van der Waals surface area contributed by atoms with Crippen LogP contribution in [-0.4, -0.2) is 35.4 Å². The maximum Gasteiger partial charge on any atom is 0.261 e. The number of halogens is 2. The fourth-order valence-corrected chi connectivity index (χ4v) is 5.25. The SMILES string of the molecule is Cc1cc(OCC(=O)N(Cc2cccc(Br)c2)[C@H](Cc2ccccc2)C(=O)NC2CCCC2)ccc1Cl. The number of hydrogen-bond acceptors (Lipinski definition) is 3. The van der Waals surface area contributed by atoms with Crippen LogP contribution in [0.3, 0.4) is 0 Å². The van der Waals surface area contributed by atoms with Crippen molar-refractivity contribution >= 4 is 39.3 Å². The lowest BCUT2D eigenvalue weighted by Gasteiger charge is -2.32. The molecule has 1 fully saturated rings. The molecule has 1 N–H and O–H groups in total. The van der Waals surface area contributed by atoms with Crippen molar-refractivity contribution in [3.63, 3.8) is 0 Å². The van der Waals surface area contributed by atoms with E-state index in [4.69, 9.17) is 16.3 Å². The van der Waals surface area contributed by atoms with Gasteiger partial charge in [-0.1, -0.05) is 82.8 Å². The lowest BCUT2D eigenvalue weighted by Crippen LogP contribution is -2.53. The van der Waals surface area contributed by atoms with Crippen LogP contribution in [0.2, 0.25) is 5.02 Å². The van der Waals surface area contributed by atoms with Gasteiger partial charge in [-0.3, -0.25) is 9.59 Å². The molecule has 3 aromatic carbocycles. The predicted molar refractivity (Wildman–Crippen MR) is 151 cm³/mol. The number of nitrogens with zero attached hydrogens (tertiary/aromatic N) is 1. The Kier molecular flexibility index (Phi) is 9.64. The van der Waals surface area contributed by atoms with Crippen molar-refractivity contribution in [2.24, 2.45) is 0 Å². The molecule has 0 aliphatic heterocycles. The van der Waals surface area contributed by atoms with Gasteiger partial charge in [0.1, 0.15) is 11.8 Å². The zero-order valence-electron chi connectivity index (χ0n) is 21.0. The second kappa shape index (κ2) is 13.1. The number of aryl methyl sites for hydroxylation is 1. The zero-order valence-corrected chi connectivity index (χ0v) is 23.3. The Bertz CT molecular complexity index is 1210. The van der Waals surface area contributed by atoms with E-state index in [1.165, 1.54) is 0 Å². The minimum absolute atomic E-state index is 0.124. The first kappa shape index (κ1) is 27.2. The third-order valence-corrected chi connectivity index (χ3v) is 7.62. The number of ether oxygens (including phenoxy) is 1. The second-order valence-electron chi connectivity index (χ2n) is 9.55. The van der Waals surface area contributed by atoms with Crippen molar-refractivity contribution in [2.45, 2.75) is 57.7 Å². The van der Waals surface area contributed by atoms with Crippen LogP contribution in [0.1, 0.15) is 42.4 Å². The number of rotatable bonds is 10. The van der Waals surface area contributed by atoms with E-state index in [0.29, 0.717) is 17.2 Å². The zero-order chi connectivity index (χ0) is 26.2. The van der Waals surface area contributed by atoms with Crippen LogP contribution < -0.4 is 10.1 Å². The average molecular weight is 584 g/mol. The van der Waals surface area contributed by atoms with Gasteiger partial charge in [-0.05, 0) is 66.8 Å². The fourth-order valence-electron chi connectivity index (χ4n) is 4.69. The first-order chi connectivity index (χ1) is 17.9. The van der Waals surface area contributed by atoms with E-state index < -0.39 is 6.04 Å².